The third-order valence-corrected chi connectivity index (χ3v) is 9.81. The molecule has 200 valence electrons. The fourth-order valence-electron chi connectivity index (χ4n) is 6.32. The highest BCUT2D eigenvalue weighted by Gasteiger charge is 2.74. The van der Waals surface area contributed by atoms with Gasteiger partial charge in [-0.1, -0.05) is 18.7 Å². The number of ether oxygens (including phenoxy) is 1. The molecular weight excluding hydrogens is 490 g/mol. The van der Waals surface area contributed by atoms with Gasteiger partial charge in [0.15, 0.2) is 0 Å². The molecule has 2 unspecified atom stereocenters. The van der Waals surface area contributed by atoms with Crippen LogP contribution in [0.4, 0.5) is 11.4 Å². The summed E-state index contributed by atoms with van der Waals surface area (Å²) < 4.78 is 4.64. The third kappa shape index (κ3) is 4.56. The van der Waals surface area contributed by atoms with Crippen LogP contribution in [0.2, 0.25) is 0 Å². The van der Waals surface area contributed by atoms with Crippen molar-refractivity contribution in [2.75, 3.05) is 49.2 Å². The Morgan fingerprint density at radius 2 is 1.86 bits per heavy atom. The van der Waals surface area contributed by atoms with E-state index in [1.54, 1.807) is 22.7 Å². The van der Waals surface area contributed by atoms with E-state index in [1.807, 2.05) is 24.3 Å². The first-order valence-corrected chi connectivity index (χ1v) is 13.9. The average Bonchev–Trinajstić information content (AvgIpc) is 3.54. The van der Waals surface area contributed by atoms with E-state index < -0.39 is 28.6 Å². The maximum absolute atomic E-state index is 14.3. The van der Waals surface area contributed by atoms with Gasteiger partial charge in [-0.15, -0.1) is 18.3 Å². The highest BCUT2D eigenvalue weighted by atomic mass is 32.2. The lowest BCUT2D eigenvalue weighted by Crippen LogP contribution is -2.55. The van der Waals surface area contributed by atoms with Crippen molar-refractivity contribution in [2.45, 2.75) is 42.7 Å². The Morgan fingerprint density at radius 3 is 2.46 bits per heavy atom. The summed E-state index contributed by atoms with van der Waals surface area (Å²) in [7, 11) is 0. The molecule has 3 aliphatic heterocycles. The Kier molecular flexibility index (Phi) is 8.33. The molecule has 2 amide bonds. The Labute approximate surface area is 223 Å². The molecule has 2 bridgehead atoms. The number of rotatable bonds is 12. The number of hydrogen-bond donors (Lipinski definition) is 1. The molecule has 0 saturated carbocycles. The number of carbonyl (C=O) groups is 3. The van der Waals surface area contributed by atoms with Gasteiger partial charge in [0.1, 0.15) is 12.6 Å². The van der Waals surface area contributed by atoms with Crippen molar-refractivity contribution in [1.29, 1.82) is 0 Å². The molecule has 3 aliphatic rings. The Hall–Kier alpha value is -2.78. The number of fused-ring (bicyclic) bond motifs is 1. The molecule has 1 spiro atoms. The van der Waals surface area contributed by atoms with Crippen LogP contribution in [0.15, 0.2) is 49.6 Å². The fourth-order valence-corrected chi connectivity index (χ4v) is 8.52. The molecule has 9 heteroatoms. The number of likely N-dealkylation sites (tertiary alicyclic amines) is 1. The zero-order valence-electron chi connectivity index (χ0n) is 21.7. The summed E-state index contributed by atoms with van der Waals surface area (Å²) in [4.78, 5) is 46.4. The number of β-amino-alcohol motifs (C(OH)–C–C–N with tert-alkyl or cyclic N) is 1. The first-order chi connectivity index (χ1) is 17.9. The Bertz CT molecular complexity index is 1040. The summed E-state index contributed by atoms with van der Waals surface area (Å²) in [6.07, 6.45) is 4.57. The lowest BCUT2D eigenvalue weighted by Gasteiger charge is -2.37. The SMILES string of the molecule is C=CCOC(=O)[C@@H]1[C@@H]2CCC3(S2)C(C(=O)N(CC=C)c2ccc(N(CC)CC)cc2)N(CCO)C(=O)[C@H]13. The van der Waals surface area contributed by atoms with Crippen molar-refractivity contribution in [3.8, 4) is 0 Å². The summed E-state index contributed by atoms with van der Waals surface area (Å²) in [5.41, 5.74) is 1.79. The van der Waals surface area contributed by atoms with Gasteiger partial charge in [-0.2, -0.15) is 0 Å². The second-order valence-electron chi connectivity index (χ2n) is 9.66. The van der Waals surface area contributed by atoms with Crippen LogP contribution in [-0.2, 0) is 19.1 Å². The minimum absolute atomic E-state index is 0.0377. The summed E-state index contributed by atoms with van der Waals surface area (Å²) >= 11 is 1.58. The van der Waals surface area contributed by atoms with Crippen LogP contribution < -0.4 is 9.80 Å². The van der Waals surface area contributed by atoms with Gasteiger partial charge in [-0.3, -0.25) is 14.4 Å². The van der Waals surface area contributed by atoms with Crippen molar-refractivity contribution in [3.05, 3.63) is 49.6 Å². The van der Waals surface area contributed by atoms with Gasteiger partial charge in [-0.25, -0.2) is 0 Å². The minimum Gasteiger partial charge on any atom is -0.461 e. The second-order valence-corrected chi connectivity index (χ2v) is 11.3. The maximum Gasteiger partial charge on any atom is 0.311 e. The third-order valence-electron chi connectivity index (χ3n) is 7.86. The number of esters is 1. The summed E-state index contributed by atoms with van der Waals surface area (Å²) in [6.45, 7) is 13.5. The van der Waals surface area contributed by atoms with E-state index in [0.717, 1.165) is 30.9 Å². The number of amides is 2. The van der Waals surface area contributed by atoms with E-state index >= 15 is 0 Å². The second kappa shape index (κ2) is 11.3. The van der Waals surface area contributed by atoms with E-state index in [-0.39, 0.29) is 43.4 Å². The average molecular weight is 528 g/mol. The predicted octanol–water partition coefficient (Wildman–Crippen LogP) is 2.86. The minimum atomic E-state index is -0.785. The smallest absolute Gasteiger partial charge is 0.311 e. The topological polar surface area (TPSA) is 90.4 Å². The predicted molar refractivity (Wildman–Crippen MR) is 147 cm³/mol. The molecule has 8 nitrogen and oxygen atoms in total. The number of anilines is 2. The van der Waals surface area contributed by atoms with Crippen LogP contribution in [0.3, 0.4) is 0 Å². The molecule has 3 saturated heterocycles. The highest BCUT2D eigenvalue weighted by molar-refractivity contribution is 8.02. The molecule has 4 rings (SSSR count). The zero-order valence-corrected chi connectivity index (χ0v) is 22.5. The fraction of sp³-hybridized carbons (Fsp3) is 0.536. The lowest BCUT2D eigenvalue weighted by atomic mass is 9.71. The van der Waals surface area contributed by atoms with E-state index in [0.29, 0.717) is 6.42 Å². The van der Waals surface area contributed by atoms with Gasteiger partial charge < -0.3 is 24.5 Å². The Morgan fingerprint density at radius 1 is 1.19 bits per heavy atom. The molecule has 0 radical (unpaired) electrons. The van der Waals surface area contributed by atoms with Crippen LogP contribution >= 0.6 is 11.8 Å². The molecule has 0 aromatic heterocycles. The van der Waals surface area contributed by atoms with Crippen LogP contribution in [-0.4, -0.2) is 83.2 Å². The first-order valence-electron chi connectivity index (χ1n) is 13.0. The monoisotopic (exact) mass is 527 g/mol. The van der Waals surface area contributed by atoms with Gasteiger partial charge in [0.05, 0.1) is 23.2 Å². The summed E-state index contributed by atoms with van der Waals surface area (Å²) in [5, 5.41) is 9.73. The first kappa shape index (κ1) is 27.3. The van der Waals surface area contributed by atoms with Gasteiger partial charge in [0, 0.05) is 42.8 Å². The van der Waals surface area contributed by atoms with Gasteiger partial charge >= 0.3 is 5.97 Å². The number of thioether (sulfide) groups is 1. The number of carbonyl (C=O) groups excluding carboxylic acids is 3. The van der Waals surface area contributed by atoms with Gasteiger partial charge in [-0.05, 0) is 51.0 Å². The van der Waals surface area contributed by atoms with Crippen molar-refractivity contribution >= 4 is 40.9 Å². The van der Waals surface area contributed by atoms with Crippen molar-refractivity contribution < 1.29 is 24.2 Å². The standard InChI is InChI=1S/C28H37N3O5S/c1-5-15-30(20-11-9-19(10-12-20)29(7-3)8-4)26(34)24-28-14-13-21(37-28)22(27(35)36-18-6-2)23(28)25(33)31(24)16-17-32/h5-6,9-12,21-24,32H,1-2,7-8,13-18H2,3-4H3/t21-,22+,23-,24?,28?/m0/s1. The van der Waals surface area contributed by atoms with Gasteiger partial charge in [0.2, 0.25) is 5.91 Å². The molecule has 1 N–H and O–H groups in total. The number of aliphatic hydroxyl groups is 1. The quantitative estimate of drug-likeness (QED) is 0.330. The number of hydrogen-bond acceptors (Lipinski definition) is 7. The molecule has 3 fully saturated rings. The van der Waals surface area contributed by atoms with Crippen LogP contribution in [0.5, 0.6) is 0 Å². The lowest BCUT2D eigenvalue weighted by molar-refractivity contribution is -0.153. The van der Waals surface area contributed by atoms with E-state index in [2.05, 4.69) is 31.9 Å². The molecule has 3 heterocycles. The zero-order chi connectivity index (χ0) is 26.7. The number of aliphatic hydroxyl groups excluding tert-OH is 1. The van der Waals surface area contributed by atoms with Gasteiger partial charge in [0.25, 0.3) is 5.91 Å². The summed E-state index contributed by atoms with van der Waals surface area (Å²) in [6, 6.07) is 7.06. The Balaban J connectivity index is 1.69. The molecular formula is C28H37N3O5S. The molecule has 5 atom stereocenters. The van der Waals surface area contributed by atoms with Crippen molar-refractivity contribution in [3.63, 3.8) is 0 Å². The van der Waals surface area contributed by atoms with E-state index in [1.165, 1.54) is 11.0 Å². The van der Waals surface area contributed by atoms with Crippen LogP contribution in [0.1, 0.15) is 26.7 Å². The number of nitrogens with zero attached hydrogens (tertiary/aromatic N) is 3. The van der Waals surface area contributed by atoms with Crippen molar-refractivity contribution in [1.82, 2.24) is 4.90 Å². The molecule has 1 aromatic rings. The molecule has 37 heavy (non-hydrogen) atoms. The van der Waals surface area contributed by atoms with E-state index in [4.69, 9.17) is 4.74 Å². The normalized spacial score (nSPS) is 27.6. The van der Waals surface area contributed by atoms with Crippen molar-refractivity contribution in [2.24, 2.45) is 11.8 Å². The van der Waals surface area contributed by atoms with Crippen LogP contribution in [0.25, 0.3) is 0 Å². The van der Waals surface area contributed by atoms with Crippen LogP contribution in [0, 0.1) is 11.8 Å². The maximum atomic E-state index is 14.3. The number of benzene rings is 1. The highest BCUT2D eigenvalue weighted by Crippen LogP contribution is 2.66. The molecule has 0 aliphatic carbocycles. The van der Waals surface area contributed by atoms with E-state index in [9.17, 15) is 19.5 Å². The largest absolute Gasteiger partial charge is 0.461 e. The summed E-state index contributed by atoms with van der Waals surface area (Å²) in [5.74, 6) is -2.13. The molecule has 1 aromatic carbocycles.